The molecule has 0 atom stereocenters. The van der Waals surface area contributed by atoms with Crippen LogP contribution >= 0.6 is 0 Å². The van der Waals surface area contributed by atoms with Crippen LogP contribution in [-0.4, -0.2) is 22.0 Å². The van der Waals surface area contributed by atoms with Crippen molar-refractivity contribution in [3.05, 3.63) is 58.8 Å². The van der Waals surface area contributed by atoms with Gasteiger partial charge in [-0.1, -0.05) is 12.1 Å². The molecule has 0 bridgehead atoms. The summed E-state index contributed by atoms with van der Waals surface area (Å²) in [7, 11) is 0. The Hall–Kier alpha value is -3.16. The number of aryl methyl sites for hydroxylation is 2. The maximum Gasteiger partial charge on any atom is 0.418 e. The van der Waals surface area contributed by atoms with Crippen molar-refractivity contribution in [3.8, 4) is 5.88 Å². The van der Waals surface area contributed by atoms with Crippen LogP contribution in [0.25, 0.3) is 11.0 Å². The van der Waals surface area contributed by atoms with Crippen LogP contribution in [0.4, 0.5) is 18.9 Å². The maximum atomic E-state index is 13.2. The Balaban J connectivity index is 2.08. The molecule has 1 aromatic heterocycles. The van der Waals surface area contributed by atoms with Crippen LogP contribution < -0.4 is 10.1 Å². The molecule has 0 fully saturated rings. The number of rotatable bonds is 4. The summed E-state index contributed by atoms with van der Waals surface area (Å²) in [6.45, 7) is 7.34. The van der Waals surface area contributed by atoms with Crippen molar-refractivity contribution in [3.63, 3.8) is 0 Å². The number of carbonyl (C=O) groups is 1. The van der Waals surface area contributed by atoms with Crippen molar-refractivity contribution in [2.24, 2.45) is 0 Å². The Labute approximate surface area is 165 Å². The molecule has 29 heavy (non-hydrogen) atoms. The van der Waals surface area contributed by atoms with E-state index in [1.807, 2.05) is 19.9 Å². The predicted molar refractivity (Wildman–Crippen MR) is 104 cm³/mol. The number of alkyl halides is 3. The van der Waals surface area contributed by atoms with Gasteiger partial charge in [0.15, 0.2) is 5.69 Å². The number of ether oxygens (including phenoxy) is 1. The molecule has 3 rings (SSSR count). The molecule has 0 radical (unpaired) electrons. The van der Waals surface area contributed by atoms with Crippen LogP contribution in [0.5, 0.6) is 5.88 Å². The fraction of sp³-hybridized carbons (Fsp3) is 0.286. The molecule has 1 heterocycles. The first-order valence-corrected chi connectivity index (χ1v) is 8.99. The molecule has 0 aliphatic heterocycles. The molecule has 1 amide bonds. The molecule has 5 nitrogen and oxygen atoms in total. The summed E-state index contributed by atoms with van der Waals surface area (Å²) in [4.78, 5) is 21.6. The molecule has 0 aliphatic carbocycles. The molecule has 0 aliphatic rings. The molecule has 0 spiro atoms. The third-order valence-electron chi connectivity index (χ3n) is 4.29. The minimum absolute atomic E-state index is 0.0299. The lowest BCUT2D eigenvalue weighted by atomic mass is 10.1. The standard InChI is InChI=1S/C21H20F3N3O2/c1-11(2)29-20-18(25-16-9-12(3)13(4)10-17(16)27-20)19(28)26-15-8-6-5-7-14(15)21(22,23)24/h5-11H,1-4H3,(H,26,28). The summed E-state index contributed by atoms with van der Waals surface area (Å²) >= 11 is 0. The van der Waals surface area contributed by atoms with Crippen molar-refractivity contribution in [1.82, 2.24) is 9.97 Å². The number of amides is 1. The average Bonchev–Trinajstić information content (AvgIpc) is 2.61. The second-order valence-corrected chi connectivity index (χ2v) is 6.97. The number of hydrogen-bond donors (Lipinski definition) is 1. The van der Waals surface area contributed by atoms with Gasteiger partial charge >= 0.3 is 6.18 Å². The van der Waals surface area contributed by atoms with Crippen LogP contribution in [-0.2, 0) is 6.18 Å². The topological polar surface area (TPSA) is 64.1 Å². The van der Waals surface area contributed by atoms with E-state index < -0.39 is 17.6 Å². The summed E-state index contributed by atoms with van der Waals surface area (Å²) in [6, 6.07) is 8.36. The summed E-state index contributed by atoms with van der Waals surface area (Å²) in [5, 5.41) is 2.30. The van der Waals surface area contributed by atoms with E-state index in [9.17, 15) is 18.0 Å². The zero-order valence-corrected chi connectivity index (χ0v) is 16.4. The first-order valence-electron chi connectivity index (χ1n) is 8.99. The van der Waals surface area contributed by atoms with Gasteiger partial charge in [0, 0.05) is 0 Å². The Morgan fingerprint density at radius 3 is 2.21 bits per heavy atom. The van der Waals surface area contributed by atoms with Crippen LogP contribution in [0.1, 0.15) is 41.0 Å². The average molecular weight is 403 g/mol. The number of aromatic nitrogens is 2. The predicted octanol–water partition coefficient (Wildman–Crippen LogP) is 5.30. The van der Waals surface area contributed by atoms with Gasteiger partial charge in [-0.2, -0.15) is 13.2 Å². The molecule has 152 valence electrons. The van der Waals surface area contributed by atoms with Gasteiger partial charge in [0.25, 0.3) is 5.91 Å². The lowest BCUT2D eigenvalue weighted by Crippen LogP contribution is -2.20. The second kappa shape index (κ2) is 7.69. The lowest BCUT2D eigenvalue weighted by molar-refractivity contribution is -0.136. The van der Waals surface area contributed by atoms with Crippen LogP contribution in [0.3, 0.4) is 0 Å². The first-order chi connectivity index (χ1) is 13.6. The monoisotopic (exact) mass is 403 g/mol. The number of hydrogen-bond acceptors (Lipinski definition) is 4. The van der Waals surface area contributed by atoms with Gasteiger partial charge in [0.2, 0.25) is 5.88 Å². The van der Waals surface area contributed by atoms with Crippen molar-refractivity contribution in [1.29, 1.82) is 0 Å². The SMILES string of the molecule is Cc1cc2nc(OC(C)C)c(C(=O)Nc3ccccc3C(F)(F)F)nc2cc1C. The number of fused-ring (bicyclic) bond motifs is 1. The minimum atomic E-state index is -4.61. The molecule has 1 N–H and O–H groups in total. The number of halogens is 3. The Morgan fingerprint density at radius 2 is 1.62 bits per heavy atom. The van der Waals surface area contributed by atoms with Crippen LogP contribution in [0.15, 0.2) is 36.4 Å². The van der Waals surface area contributed by atoms with E-state index >= 15 is 0 Å². The van der Waals surface area contributed by atoms with E-state index in [-0.39, 0.29) is 23.4 Å². The van der Waals surface area contributed by atoms with Crippen molar-refractivity contribution >= 4 is 22.6 Å². The summed E-state index contributed by atoms with van der Waals surface area (Å²) < 4.78 is 45.3. The molecule has 8 heteroatoms. The van der Waals surface area contributed by atoms with E-state index in [4.69, 9.17) is 4.74 Å². The second-order valence-electron chi connectivity index (χ2n) is 6.97. The third-order valence-corrected chi connectivity index (χ3v) is 4.29. The highest BCUT2D eigenvalue weighted by molar-refractivity contribution is 6.05. The smallest absolute Gasteiger partial charge is 0.418 e. The number of nitrogens with one attached hydrogen (secondary N) is 1. The molecule has 3 aromatic rings. The molecule has 2 aromatic carbocycles. The van der Waals surface area contributed by atoms with Crippen LogP contribution in [0.2, 0.25) is 0 Å². The van der Waals surface area contributed by atoms with E-state index in [0.717, 1.165) is 17.2 Å². The number of benzene rings is 2. The molecular weight excluding hydrogens is 383 g/mol. The largest absolute Gasteiger partial charge is 0.473 e. The number of anilines is 1. The first kappa shape index (κ1) is 20.6. The van der Waals surface area contributed by atoms with Crippen LogP contribution in [0, 0.1) is 13.8 Å². The summed E-state index contributed by atoms with van der Waals surface area (Å²) in [6.07, 6.45) is -4.91. The summed E-state index contributed by atoms with van der Waals surface area (Å²) in [5.41, 5.74) is 1.47. The van der Waals surface area contributed by atoms with Gasteiger partial charge in [-0.15, -0.1) is 0 Å². The van der Waals surface area contributed by atoms with Gasteiger partial charge in [-0.3, -0.25) is 4.79 Å². The quantitative estimate of drug-likeness (QED) is 0.642. The van der Waals surface area contributed by atoms with Gasteiger partial charge in [-0.05, 0) is 63.1 Å². The zero-order chi connectivity index (χ0) is 21.3. The fourth-order valence-corrected chi connectivity index (χ4v) is 2.77. The molecule has 0 saturated heterocycles. The Morgan fingerprint density at radius 1 is 1.03 bits per heavy atom. The zero-order valence-electron chi connectivity index (χ0n) is 16.4. The number of nitrogens with zero attached hydrogens (tertiary/aromatic N) is 2. The molecule has 0 unspecified atom stereocenters. The highest BCUT2D eigenvalue weighted by Gasteiger charge is 2.34. The normalized spacial score (nSPS) is 11.7. The molecular formula is C21H20F3N3O2. The summed E-state index contributed by atoms with van der Waals surface area (Å²) in [5.74, 6) is -0.859. The van der Waals surface area contributed by atoms with Gasteiger partial charge < -0.3 is 10.1 Å². The highest BCUT2D eigenvalue weighted by atomic mass is 19.4. The van der Waals surface area contributed by atoms with Gasteiger partial charge in [0.05, 0.1) is 28.4 Å². The van der Waals surface area contributed by atoms with E-state index in [1.54, 1.807) is 19.9 Å². The van der Waals surface area contributed by atoms with Gasteiger partial charge in [-0.25, -0.2) is 9.97 Å². The number of carbonyl (C=O) groups excluding carboxylic acids is 1. The molecule has 0 saturated carbocycles. The van der Waals surface area contributed by atoms with Gasteiger partial charge in [0.1, 0.15) is 0 Å². The maximum absolute atomic E-state index is 13.2. The van der Waals surface area contributed by atoms with E-state index in [1.165, 1.54) is 18.2 Å². The third kappa shape index (κ3) is 4.47. The highest BCUT2D eigenvalue weighted by Crippen LogP contribution is 2.35. The van der Waals surface area contributed by atoms with E-state index in [2.05, 4.69) is 15.3 Å². The van der Waals surface area contributed by atoms with Crippen molar-refractivity contribution < 1.29 is 22.7 Å². The fourth-order valence-electron chi connectivity index (χ4n) is 2.77. The van der Waals surface area contributed by atoms with Crippen molar-refractivity contribution in [2.45, 2.75) is 40.0 Å². The van der Waals surface area contributed by atoms with Crippen molar-refractivity contribution in [2.75, 3.05) is 5.32 Å². The minimum Gasteiger partial charge on any atom is -0.473 e. The Kier molecular flexibility index (Phi) is 5.46. The lowest BCUT2D eigenvalue weighted by Gasteiger charge is -2.16. The Bertz CT molecular complexity index is 1080. The van der Waals surface area contributed by atoms with E-state index in [0.29, 0.717) is 11.0 Å². The number of para-hydroxylation sites is 1.